The summed E-state index contributed by atoms with van der Waals surface area (Å²) in [7, 11) is 1.88. The van der Waals surface area contributed by atoms with Gasteiger partial charge in [0.05, 0.1) is 6.20 Å². The molecule has 17 heavy (non-hydrogen) atoms. The summed E-state index contributed by atoms with van der Waals surface area (Å²) in [6.45, 7) is 0. The lowest BCUT2D eigenvalue weighted by Crippen LogP contribution is -2.06. The van der Waals surface area contributed by atoms with Gasteiger partial charge in [0, 0.05) is 32.3 Å². The Labute approximate surface area is 98.1 Å². The first kappa shape index (κ1) is 11.4. The van der Waals surface area contributed by atoms with Gasteiger partial charge in [0.2, 0.25) is 0 Å². The second-order valence-electron chi connectivity index (χ2n) is 3.74. The largest absolute Gasteiger partial charge is 0.338 e. The van der Waals surface area contributed by atoms with Gasteiger partial charge < -0.3 is 4.57 Å². The second kappa shape index (κ2) is 4.86. The van der Waals surface area contributed by atoms with E-state index < -0.39 is 5.82 Å². The monoisotopic (exact) mass is 233 g/mol. The Kier molecular flexibility index (Phi) is 3.27. The molecule has 2 rings (SSSR count). The summed E-state index contributed by atoms with van der Waals surface area (Å²) in [5.74, 6) is 0.305. The summed E-state index contributed by atoms with van der Waals surface area (Å²) in [6.07, 6.45) is 5.45. The van der Waals surface area contributed by atoms with E-state index in [4.69, 9.17) is 0 Å². The Morgan fingerprint density at radius 1 is 1.41 bits per heavy atom. The fourth-order valence-electron chi connectivity index (χ4n) is 1.53. The van der Waals surface area contributed by atoms with Gasteiger partial charge in [-0.3, -0.25) is 9.78 Å². The highest BCUT2D eigenvalue weighted by atomic mass is 19.1. The van der Waals surface area contributed by atoms with Gasteiger partial charge in [0.1, 0.15) is 17.3 Å². The number of nitrogens with zero attached hydrogens (tertiary/aromatic N) is 3. The zero-order valence-electron chi connectivity index (χ0n) is 9.43. The number of aromatic nitrogens is 3. The molecule has 0 radical (unpaired) electrons. The number of carbonyl (C=O) groups excluding carboxylic acids is 1. The van der Waals surface area contributed by atoms with Crippen molar-refractivity contribution in [3.63, 3.8) is 0 Å². The van der Waals surface area contributed by atoms with Gasteiger partial charge in [-0.25, -0.2) is 9.37 Å². The summed E-state index contributed by atoms with van der Waals surface area (Å²) in [6, 6.07) is 2.64. The van der Waals surface area contributed by atoms with Crippen molar-refractivity contribution in [3.8, 4) is 0 Å². The van der Waals surface area contributed by atoms with Crippen molar-refractivity contribution < 1.29 is 9.18 Å². The molecule has 0 unspecified atom stereocenters. The third kappa shape index (κ3) is 2.75. The van der Waals surface area contributed by atoms with E-state index in [1.807, 2.05) is 17.8 Å². The van der Waals surface area contributed by atoms with E-state index >= 15 is 0 Å². The van der Waals surface area contributed by atoms with Gasteiger partial charge in [-0.05, 0) is 12.1 Å². The molecular formula is C12H12FN3O. The van der Waals surface area contributed by atoms with Crippen LogP contribution in [0.15, 0.2) is 30.7 Å². The fourth-order valence-corrected chi connectivity index (χ4v) is 1.53. The Bertz CT molecular complexity index is 519. The van der Waals surface area contributed by atoms with Crippen molar-refractivity contribution in [3.05, 3.63) is 48.1 Å². The van der Waals surface area contributed by atoms with E-state index in [0.717, 1.165) is 12.0 Å². The van der Waals surface area contributed by atoms with Crippen LogP contribution in [0.4, 0.5) is 4.39 Å². The van der Waals surface area contributed by atoms with Crippen LogP contribution < -0.4 is 0 Å². The van der Waals surface area contributed by atoms with E-state index in [1.165, 1.54) is 12.1 Å². The predicted octanol–water partition coefficient (Wildman–Crippen LogP) is 1.77. The zero-order chi connectivity index (χ0) is 12.3. The van der Waals surface area contributed by atoms with E-state index in [9.17, 15) is 9.18 Å². The molecule has 2 aromatic rings. The number of ketones is 1. The van der Waals surface area contributed by atoms with Gasteiger partial charge in [0.15, 0.2) is 5.78 Å². The number of pyridine rings is 1. The maximum atomic E-state index is 12.6. The van der Waals surface area contributed by atoms with E-state index in [2.05, 4.69) is 9.97 Å². The fraction of sp³-hybridized carbons (Fsp3) is 0.250. The molecule has 0 amide bonds. The molecule has 2 aromatic heterocycles. The SMILES string of the molecule is Cn1ccnc1CCC(=O)c1ccc(F)cn1. The normalized spacial score (nSPS) is 10.5. The van der Waals surface area contributed by atoms with Crippen LogP contribution >= 0.6 is 0 Å². The molecule has 0 atom stereocenters. The van der Waals surface area contributed by atoms with Crippen molar-refractivity contribution in [2.45, 2.75) is 12.8 Å². The molecule has 5 heteroatoms. The molecular weight excluding hydrogens is 221 g/mol. The quantitative estimate of drug-likeness (QED) is 0.756. The number of hydrogen-bond donors (Lipinski definition) is 0. The average molecular weight is 233 g/mol. The third-order valence-electron chi connectivity index (χ3n) is 2.51. The number of imidazole rings is 1. The highest BCUT2D eigenvalue weighted by molar-refractivity contribution is 5.94. The van der Waals surface area contributed by atoms with Gasteiger partial charge in [-0.15, -0.1) is 0 Å². The van der Waals surface area contributed by atoms with Crippen molar-refractivity contribution in [2.75, 3.05) is 0 Å². The Morgan fingerprint density at radius 2 is 2.24 bits per heavy atom. The van der Waals surface area contributed by atoms with Crippen LogP contribution in [0.3, 0.4) is 0 Å². The van der Waals surface area contributed by atoms with Crippen molar-refractivity contribution in [2.24, 2.45) is 7.05 Å². The first-order valence-corrected chi connectivity index (χ1v) is 5.28. The topological polar surface area (TPSA) is 47.8 Å². The molecule has 0 N–H and O–H groups in total. The molecule has 0 bridgehead atoms. The minimum absolute atomic E-state index is 0.104. The van der Waals surface area contributed by atoms with Crippen LogP contribution in [-0.4, -0.2) is 20.3 Å². The van der Waals surface area contributed by atoms with Gasteiger partial charge in [0.25, 0.3) is 0 Å². The molecule has 0 saturated heterocycles. The van der Waals surface area contributed by atoms with Crippen LogP contribution in [0, 0.1) is 5.82 Å². The number of carbonyl (C=O) groups is 1. The summed E-state index contributed by atoms with van der Waals surface area (Å²) >= 11 is 0. The van der Waals surface area contributed by atoms with Crippen molar-refractivity contribution in [1.82, 2.24) is 14.5 Å². The summed E-state index contributed by atoms with van der Waals surface area (Å²) in [5.41, 5.74) is 0.292. The van der Waals surface area contributed by atoms with E-state index in [1.54, 1.807) is 6.20 Å². The smallest absolute Gasteiger partial charge is 0.181 e. The molecule has 0 aliphatic rings. The molecule has 0 aliphatic heterocycles. The third-order valence-corrected chi connectivity index (χ3v) is 2.51. The van der Waals surface area contributed by atoms with E-state index in [-0.39, 0.29) is 5.78 Å². The standard InChI is InChI=1S/C12H12FN3O/c1-16-7-6-14-12(16)5-4-11(17)10-3-2-9(13)8-15-10/h2-3,6-8H,4-5H2,1H3. The van der Waals surface area contributed by atoms with E-state index in [0.29, 0.717) is 18.5 Å². The first-order chi connectivity index (χ1) is 8.16. The van der Waals surface area contributed by atoms with Crippen LogP contribution in [0.5, 0.6) is 0 Å². The zero-order valence-corrected chi connectivity index (χ0v) is 9.43. The van der Waals surface area contributed by atoms with Gasteiger partial charge in [-0.1, -0.05) is 0 Å². The number of halogens is 1. The first-order valence-electron chi connectivity index (χ1n) is 5.28. The minimum Gasteiger partial charge on any atom is -0.338 e. The molecule has 0 saturated carbocycles. The van der Waals surface area contributed by atoms with Crippen LogP contribution in [0.25, 0.3) is 0 Å². The molecule has 0 aromatic carbocycles. The minimum atomic E-state index is -0.439. The van der Waals surface area contributed by atoms with Gasteiger partial charge in [-0.2, -0.15) is 0 Å². The summed E-state index contributed by atoms with van der Waals surface area (Å²) in [4.78, 5) is 19.6. The average Bonchev–Trinajstić information content (AvgIpc) is 2.73. The maximum Gasteiger partial charge on any atom is 0.181 e. The van der Waals surface area contributed by atoms with Gasteiger partial charge >= 0.3 is 0 Å². The Morgan fingerprint density at radius 3 is 2.82 bits per heavy atom. The number of hydrogen-bond acceptors (Lipinski definition) is 3. The highest BCUT2D eigenvalue weighted by Crippen LogP contribution is 2.05. The molecule has 0 spiro atoms. The van der Waals surface area contributed by atoms with Crippen molar-refractivity contribution in [1.29, 1.82) is 0 Å². The molecule has 0 fully saturated rings. The molecule has 4 nitrogen and oxygen atoms in total. The van der Waals surface area contributed by atoms with Crippen LogP contribution in [0.1, 0.15) is 22.7 Å². The predicted molar refractivity (Wildman–Crippen MR) is 60.1 cm³/mol. The molecule has 88 valence electrons. The lowest BCUT2D eigenvalue weighted by molar-refractivity contribution is 0.0977. The van der Waals surface area contributed by atoms with Crippen LogP contribution in [0.2, 0.25) is 0 Å². The number of Topliss-reactive ketones (excluding diaryl/α,β-unsaturated/α-hetero) is 1. The lowest BCUT2D eigenvalue weighted by atomic mass is 10.1. The number of rotatable bonds is 4. The lowest BCUT2D eigenvalue weighted by Gasteiger charge is -2.01. The Balaban J connectivity index is 1.98. The maximum absolute atomic E-state index is 12.6. The molecule has 0 aliphatic carbocycles. The van der Waals surface area contributed by atoms with Crippen molar-refractivity contribution >= 4 is 5.78 Å². The molecule has 2 heterocycles. The summed E-state index contributed by atoms with van der Waals surface area (Å²) in [5, 5.41) is 0. The van der Waals surface area contributed by atoms with Crippen LogP contribution in [-0.2, 0) is 13.5 Å². The Hall–Kier alpha value is -2.04. The summed E-state index contributed by atoms with van der Waals surface area (Å²) < 4.78 is 14.5. The highest BCUT2D eigenvalue weighted by Gasteiger charge is 2.09. The number of aryl methyl sites for hydroxylation is 2. The second-order valence-corrected chi connectivity index (χ2v) is 3.74.